The van der Waals surface area contributed by atoms with Gasteiger partial charge >= 0.3 is 6.09 Å². The van der Waals surface area contributed by atoms with E-state index in [0.717, 1.165) is 12.8 Å². The van der Waals surface area contributed by atoms with Gasteiger partial charge in [-0.3, -0.25) is 0 Å². The summed E-state index contributed by atoms with van der Waals surface area (Å²) < 4.78 is 5.55. The van der Waals surface area contributed by atoms with Crippen LogP contribution in [0.25, 0.3) is 0 Å². The van der Waals surface area contributed by atoms with E-state index in [1.165, 1.54) is 128 Å². The summed E-state index contributed by atoms with van der Waals surface area (Å²) >= 11 is 0. The number of hydrogen-bond donors (Lipinski definition) is 1. The van der Waals surface area contributed by atoms with Crippen molar-refractivity contribution in [3.8, 4) is 0 Å². The predicted molar refractivity (Wildman–Crippen MR) is 130 cm³/mol. The van der Waals surface area contributed by atoms with Gasteiger partial charge in [0.1, 0.15) is 6.10 Å². The van der Waals surface area contributed by atoms with Crippen LogP contribution in [0.1, 0.15) is 155 Å². The number of ether oxygens (including phenoxy) is 1. The molecule has 178 valence electrons. The maximum absolute atomic E-state index is 11.7. The van der Waals surface area contributed by atoms with Crippen molar-refractivity contribution in [3.05, 3.63) is 0 Å². The van der Waals surface area contributed by atoms with Crippen molar-refractivity contribution >= 4 is 6.09 Å². The van der Waals surface area contributed by atoms with E-state index in [-0.39, 0.29) is 18.2 Å². The van der Waals surface area contributed by atoms with Gasteiger partial charge in [0.25, 0.3) is 0 Å². The Morgan fingerprint density at radius 1 is 0.567 bits per heavy atom. The van der Waals surface area contributed by atoms with E-state index in [0.29, 0.717) is 0 Å². The average molecular weight is 424 g/mol. The summed E-state index contributed by atoms with van der Waals surface area (Å²) in [6.07, 6.45) is 29.2. The predicted octanol–water partition coefficient (Wildman–Crippen LogP) is 9.09. The lowest BCUT2D eigenvalue weighted by molar-refractivity contribution is 0.122. The molecule has 1 fully saturated rings. The largest absolute Gasteiger partial charge is 0.444 e. The van der Waals surface area contributed by atoms with Crippen molar-refractivity contribution in [1.29, 1.82) is 0 Å². The highest BCUT2D eigenvalue weighted by molar-refractivity contribution is 5.70. The highest BCUT2D eigenvalue weighted by atomic mass is 16.6. The topological polar surface area (TPSA) is 38.3 Å². The zero-order valence-electron chi connectivity index (χ0n) is 20.5. The molecule has 0 aromatic rings. The van der Waals surface area contributed by atoms with Crippen molar-refractivity contribution in [2.24, 2.45) is 0 Å². The van der Waals surface area contributed by atoms with Crippen LogP contribution in [0.3, 0.4) is 0 Å². The Bertz CT molecular complexity index is 351. The molecule has 3 nitrogen and oxygen atoms in total. The molecule has 2 atom stereocenters. The van der Waals surface area contributed by atoms with Crippen LogP contribution in [0.5, 0.6) is 0 Å². The summed E-state index contributed by atoms with van der Waals surface area (Å²) in [5.74, 6) is 0. The molecule has 0 aromatic heterocycles. The third kappa shape index (κ3) is 15.1. The summed E-state index contributed by atoms with van der Waals surface area (Å²) in [4.78, 5) is 11.7. The lowest BCUT2D eigenvalue weighted by atomic mass is 9.98. The maximum atomic E-state index is 11.7. The Morgan fingerprint density at radius 3 is 1.37 bits per heavy atom. The number of carbonyl (C=O) groups is 1. The summed E-state index contributed by atoms with van der Waals surface area (Å²) in [6.45, 7) is 4.55. The lowest BCUT2D eigenvalue weighted by Gasteiger charge is -2.16. The van der Waals surface area contributed by atoms with Gasteiger partial charge in [-0.15, -0.1) is 0 Å². The van der Waals surface area contributed by atoms with Gasteiger partial charge in [-0.25, -0.2) is 4.79 Å². The summed E-state index contributed by atoms with van der Waals surface area (Å²) in [5, 5.41) is 3.06. The van der Waals surface area contributed by atoms with Gasteiger partial charge < -0.3 is 10.1 Å². The Kier molecular flexibility index (Phi) is 18.4. The molecule has 1 saturated heterocycles. The second-order valence-corrected chi connectivity index (χ2v) is 9.64. The van der Waals surface area contributed by atoms with E-state index in [1.54, 1.807) is 0 Å². The number of unbranched alkanes of at least 4 members (excludes halogenated alkanes) is 18. The van der Waals surface area contributed by atoms with Crippen molar-refractivity contribution in [2.75, 3.05) is 0 Å². The lowest BCUT2D eigenvalue weighted by Crippen LogP contribution is -2.31. The zero-order chi connectivity index (χ0) is 21.7. The van der Waals surface area contributed by atoms with Gasteiger partial charge in [0.15, 0.2) is 0 Å². The van der Waals surface area contributed by atoms with Gasteiger partial charge in [-0.2, -0.15) is 0 Å². The monoisotopic (exact) mass is 423 g/mol. The second kappa shape index (κ2) is 20.2. The molecule has 0 bridgehead atoms. The maximum Gasteiger partial charge on any atom is 0.407 e. The fourth-order valence-electron chi connectivity index (χ4n) is 4.70. The van der Waals surface area contributed by atoms with Crippen molar-refractivity contribution in [3.63, 3.8) is 0 Å². The minimum absolute atomic E-state index is 0.116. The van der Waals surface area contributed by atoms with E-state index in [1.807, 2.05) is 0 Å². The summed E-state index contributed by atoms with van der Waals surface area (Å²) in [7, 11) is 0. The van der Waals surface area contributed by atoms with Gasteiger partial charge in [-0.1, -0.05) is 136 Å². The number of amides is 1. The SMILES string of the molecule is CCCCCCCCCCCCC1NC(=O)OC1CCCCCCCCCCCC. The molecular formula is C27H53NO2. The second-order valence-electron chi connectivity index (χ2n) is 9.64. The van der Waals surface area contributed by atoms with Crippen molar-refractivity contribution in [2.45, 2.75) is 167 Å². The van der Waals surface area contributed by atoms with Crippen LogP contribution < -0.4 is 5.32 Å². The van der Waals surface area contributed by atoms with E-state index < -0.39 is 0 Å². The van der Waals surface area contributed by atoms with Crippen LogP contribution in [-0.4, -0.2) is 18.2 Å². The van der Waals surface area contributed by atoms with Crippen LogP contribution in [0, 0.1) is 0 Å². The molecule has 0 spiro atoms. The Morgan fingerprint density at radius 2 is 0.933 bits per heavy atom. The number of nitrogens with one attached hydrogen (secondary N) is 1. The van der Waals surface area contributed by atoms with Crippen LogP contribution in [0.4, 0.5) is 4.79 Å². The van der Waals surface area contributed by atoms with E-state index in [4.69, 9.17) is 4.74 Å². The minimum atomic E-state index is -0.191. The first-order valence-electron chi connectivity index (χ1n) is 13.7. The molecule has 1 rings (SSSR count). The third-order valence-electron chi connectivity index (χ3n) is 6.72. The Hall–Kier alpha value is -0.730. The Balaban J connectivity index is 1.95. The van der Waals surface area contributed by atoms with Crippen LogP contribution in [-0.2, 0) is 4.74 Å². The highest BCUT2D eigenvalue weighted by Crippen LogP contribution is 2.22. The molecule has 30 heavy (non-hydrogen) atoms. The number of alkyl carbamates (subject to hydrolysis) is 1. The fourth-order valence-corrected chi connectivity index (χ4v) is 4.70. The van der Waals surface area contributed by atoms with Crippen molar-refractivity contribution in [1.82, 2.24) is 5.32 Å². The van der Waals surface area contributed by atoms with E-state index in [2.05, 4.69) is 19.2 Å². The first kappa shape index (κ1) is 27.3. The number of carbonyl (C=O) groups excluding carboxylic acids is 1. The van der Waals surface area contributed by atoms with Gasteiger partial charge in [0.2, 0.25) is 0 Å². The van der Waals surface area contributed by atoms with Gasteiger partial charge in [0.05, 0.1) is 6.04 Å². The number of cyclic esters (lactones) is 1. The molecular weight excluding hydrogens is 370 g/mol. The summed E-state index contributed by atoms with van der Waals surface area (Å²) in [5.41, 5.74) is 0. The molecule has 3 heteroatoms. The Labute approximate surface area is 188 Å². The molecule has 2 unspecified atom stereocenters. The third-order valence-corrected chi connectivity index (χ3v) is 6.72. The van der Waals surface area contributed by atoms with Crippen LogP contribution in [0.2, 0.25) is 0 Å². The average Bonchev–Trinajstić information content (AvgIpc) is 3.10. The molecule has 1 heterocycles. The van der Waals surface area contributed by atoms with Crippen LogP contribution >= 0.6 is 0 Å². The molecule has 0 aliphatic carbocycles. The molecule has 0 saturated carbocycles. The minimum Gasteiger partial charge on any atom is -0.444 e. The zero-order valence-corrected chi connectivity index (χ0v) is 20.5. The molecule has 1 N–H and O–H groups in total. The van der Waals surface area contributed by atoms with Gasteiger partial charge in [0, 0.05) is 0 Å². The number of rotatable bonds is 22. The first-order valence-corrected chi connectivity index (χ1v) is 13.7. The quantitative estimate of drug-likeness (QED) is 0.176. The standard InChI is InChI=1S/C27H53NO2/c1-3-5-7-9-11-13-15-17-19-21-23-25-26(30-27(29)28-25)24-22-20-18-16-14-12-10-8-6-4-2/h25-26H,3-24H2,1-2H3,(H,28,29). The fraction of sp³-hybridized carbons (Fsp3) is 0.963. The molecule has 1 aliphatic heterocycles. The smallest absolute Gasteiger partial charge is 0.407 e. The van der Waals surface area contributed by atoms with E-state index in [9.17, 15) is 4.79 Å². The normalized spacial score (nSPS) is 18.5. The number of hydrogen-bond acceptors (Lipinski definition) is 2. The van der Waals surface area contributed by atoms with E-state index >= 15 is 0 Å². The van der Waals surface area contributed by atoms with Crippen LogP contribution in [0.15, 0.2) is 0 Å². The highest BCUT2D eigenvalue weighted by Gasteiger charge is 2.32. The van der Waals surface area contributed by atoms with Crippen molar-refractivity contribution < 1.29 is 9.53 Å². The molecule has 0 radical (unpaired) electrons. The molecule has 1 aliphatic rings. The first-order chi connectivity index (χ1) is 14.8. The summed E-state index contributed by atoms with van der Waals surface area (Å²) in [6, 6.07) is 0.255. The van der Waals surface area contributed by atoms with Gasteiger partial charge in [-0.05, 0) is 19.3 Å². The molecule has 1 amide bonds. The molecule has 0 aromatic carbocycles.